The molecule has 1 aliphatic rings. The number of nitrogens with zero attached hydrogens (tertiary/aromatic N) is 5. The van der Waals surface area contributed by atoms with Gasteiger partial charge in [0.15, 0.2) is 5.69 Å². The van der Waals surface area contributed by atoms with Crippen LogP contribution in [0, 0.1) is 23.0 Å². The molecule has 1 N–H and O–H groups in total. The molecule has 3 heterocycles. The second kappa shape index (κ2) is 9.82. The van der Waals surface area contributed by atoms with Crippen molar-refractivity contribution in [1.82, 2.24) is 20.1 Å². The number of carbonyl (C=O) groups excluding carboxylic acids is 1. The largest absolute Gasteiger partial charge is 0.357 e. The third kappa shape index (κ3) is 4.95. The van der Waals surface area contributed by atoms with Crippen LogP contribution in [0.5, 0.6) is 0 Å². The maximum Gasteiger partial charge on any atom is 0.294 e. The van der Waals surface area contributed by atoms with Crippen LogP contribution in [0.15, 0.2) is 53.5 Å². The van der Waals surface area contributed by atoms with Crippen LogP contribution >= 0.6 is 0 Å². The van der Waals surface area contributed by atoms with Gasteiger partial charge in [0.25, 0.3) is 11.6 Å². The predicted molar refractivity (Wildman–Crippen MR) is 127 cm³/mol. The lowest BCUT2D eigenvalue weighted by Gasteiger charge is -2.31. The Morgan fingerprint density at radius 1 is 1.21 bits per heavy atom. The Hall–Kier alpha value is -4.08. The fraction of sp³-hybridized carbons (Fsp3) is 0.333. The normalized spacial score (nSPS) is 14.1. The van der Waals surface area contributed by atoms with E-state index in [0.29, 0.717) is 5.69 Å². The molecule has 10 nitrogen and oxygen atoms in total. The Morgan fingerprint density at radius 2 is 1.94 bits per heavy atom. The van der Waals surface area contributed by atoms with Crippen molar-refractivity contribution < 1.29 is 9.72 Å². The summed E-state index contributed by atoms with van der Waals surface area (Å²) in [5.74, 6) is 0.986. The first-order valence-electron chi connectivity index (χ1n) is 11.2. The van der Waals surface area contributed by atoms with E-state index >= 15 is 0 Å². The number of rotatable bonds is 6. The zero-order chi connectivity index (χ0) is 24.2. The van der Waals surface area contributed by atoms with Gasteiger partial charge in [0, 0.05) is 43.7 Å². The summed E-state index contributed by atoms with van der Waals surface area (Å²) >= 11 is 0. The molecule has 3 aromatic rings. The second-order valence-corrected chi connectivity index (χ2v) is 8.53. The minimum absolute atomic E-state index is 0.170. The molecule has 0 atom stereocenters. The first kappa shape index (κ1) is 23.1. The third-order valence-corrected chi connectivity index (χ3v) is 6.00. The number of pyridine rings is 1. The van der Waals surface area contributed by atoms with Gasteiger partial charge >= 0.3 is 0 Å². The summed E-state index contributed by atoms with van der Waals surface area (Å²) in [7, 11) is 0. The summed E-state index contributed by atoms with van der Waals surface area (Å²) in [6, 6.07) is 11.1. The lowest BCUT2D eigenvalue weighted by atomic mass is 9.99. The summed E-state index contributed by atoms with van der Waals surface area (Å²) in [6.45, 7) is 5.99. The summed E-state index contributed by atoms with van der Waals surface area (Å²) in [6.07, 6.45) is 4.00. The van der Waals surface area contributed by atoms with Crippen molar-refractivity contribution in [2.75, 3.05) is 18.0 Å². The van der Waals surface area contributed by atoms with Crippen LogP contribution in [0.3, 0.4) is 0 Å². The highest BCUT2D eigenvalue weighted by molar-refractivity contribution is 5.92. The standard InChI is InChI=1S/C24H26N6O4/c1-16-9-11-28(12-10-16)22-8-7-18(14-25-22)15-26-24(32)23-21(31)13-17(2)29(27-23)19-5-3-4-6-20(19)30(33)34/h3-8,13-14,16H,9-12,15H2,1-2H3,(H,26,32). The number of aryl methyl sites for hydroxylation is 1. The molecule has 1 fully saturated rings. The molecule has 10 heteroatoms. The van der Waals surface area contributed by atoms with E-state index in [1.807, 2.05) is 12.1 Å². The molecule has 0 radical (unpaired) electrons. The Morgan fingerprint density at radius 3 is 2.62 bits per heavy atom. The Labute approximate surface area is 196 Å². The molecule has 0 spiro atoms. The summed E-state index contributed by atoms with van der Waals surface area (Å²) in [5, 5.41) is 18.2. The number of carbonyl (C=O) groups is 1. The fourth-order valence-electron chi connectivity index (χ4n) is 3.96. The highest BCUT2D eigenvalue weighted by Gasteiger charge is 2.20. The number of benzene rings is 1. The van der Waals surface area contributed by atoms with Gasteiger partial charge in [-0.2, -0.15) is 5.10 Å². The van der Waals surface area contributed by atoms with E-state index in [9.17, 15) is 19.7 Å². The Kier molecular flexibility index (Phi) is 6.67. The van der Waals surface area contributed by atoms with Crippen LogP contribution in [0.1, 0.15) is 41.5 Å². The first-order chi connectivity index (χ1) is 16.3. The number of nitrogens with one attached hydrogen (secondary N) is 1. The quantitative estimate of drug-likeness (QED) is 0.441. The van der Waals surface area contributed by atoms with E-state index in [2.05, 4.69) is 27.2 Å². The number of amides is 1. The molecule has 1 amide bonds. The second-order valence-electron chi connectivity index (χ2n) is 8.53. The van der Waals surface area contributed by atoms with Crippen molar-refractivity contribution in [2.45, 2.75) is 33.2 Å². The monoisotopic (exact) mass is 462 g/mol. The summed E-state index contributed by atoms with van der Waals surface area (Å²) in [4.78, 5) is 42.8. The average molecular weight is 463 g/mol. The smallest absolute Gasteiger partial charge is 0.294 e. The number of aromatic nitrogens is 3. The fourth-order valence-corrected chi connectivity index (χ4v) is 3.96. The topological polar surface area (TPSA) is 123 Å². The van der Waals surface area contributed by atoms with Gasteiger partial charge in [-0.3, -0.25) is 19.7 Å². The molecular formula is C24H26N6O4. The van der Waals surface area contributed by atoms with E-state index in [1.165, 1.54) is 28.9 Å². The van der Waals surface area contributed by atoms with Gasteiger partial charge in [0.2, 0.25) is 5.43 Å². The minimum atomic E-state index is -0.661. The molecule has 1 saturated heterocycles. The molecule has 0 saturated carbocycles. The molecule has 0 aliphatic carbocycles. The van der Waals surface area contributed by atoms with Crippen molar-refractivity contribution in [1.29, 1.82) is 0 Å². The first-order valence-corrected chi connectivity index (χ1v) is 11.2. The lowest BCUT2D eigenvalue weighted by molar-refractivity contribution is -0.384. The maximum absolute atomic E-state index is 12.7. The SMILES string of the molecule is Cc1cc(=O)c(C(=O)NCc2ccc(N3CCC(C)CC3)nc2)nn1-c1ccccc1[N+](=O)[O-]. The van der Waals surface area contributed by atoms with Crippen molar-refractivity contribution in [3.8, 4) is 5.69 Å². The van der Waals surface area contributed by atoms with E-state index in [1.54, 1.807) is 19.2 Å². The zero-order valence-corrected chi connectivity index (χ0v) is 19.1. The molecule has 0 bridgehead atoms. The van der Waals surface area contributed by atoms with Crippen LogP contribution in [0.2, 0.25) is 0 Å². The number of nitro groups is 1. The molecule has 176 valence electrons. The highest BCUT2D eigenvalue weighted by Crippen LogP contribution is 2.23. The number of piperidine rings is 1. The predicted octanol–water partition coefficient (Wildman–Crippen LogP) is 3.01. The molecule has 1 aromatic carbocycles. The lowest BCUT2D eigenvalue weighted by Crippen LogP contribution is -2.33. The molecule has 4 rings (SSSR count). The molecule has 0 unspecified atom stereocenters. The van der Waals surface area contributed by atoms with Gasteiger partial charge in [0.05, 0.1) is 4.92 Å². The summed E-state index contributed by atoms with van der Waals surface area (Å²) < 4.78 is 1.24. The van der Waals surface area contributed by atoms with Crippen LogP contribution in [0.4, 0.5) is 11.5 Å². The van der Waals surface area contributed by atoms with E-state index in [0.717, 1.165) is 43.2 Å². The number of hydrogen-bond donors (Lipinski definition) is 1. The van der Waals surface area contributed by atoms with Crippen molar-refractivity contribution in [3.05, 3.63) is 86.0 Å². The summed E-state index contributed by atoms with van der Waals surface area (Å²) in [5.41, 5.74) is 0.262. The van der Waals surface area contributed by atoms with Gasteiger partial charge in [-0.25, -0.2) is 9.67 Å². The minimum Gasteiger partial charge on any atom is -0.357 e. The van der Waals surface area contributed by atoms with Gasteiger partial charge in [0.1, 0.15) is 11.5 Å². The maximum atomic E-state index is 12.7. The van der Waals surface area contributed by atoms with Crippen LogP contribution in [-0.2, 0) is 6.54 Å². The number of anilines is 1. The van der Waals surface area contributed by atoms with Crippen LogP contribution in [0.25, 0.3) is 5.69 Å². The van der Waals surface area contributed by atoms with Gasteiger partial charge in [-0.1, -0.05) is 25.1 Å². The van der Waals surface area contributed by atoms with E-state index in [4.69, 9.17) is 0 Å². The zero-order valence-electron chi connectivity index (χ0n) is 19.1. The van der Waals surface area contributed by atoms with Crippen molar-refractivity contribution in [2.24, 2.45) is 5.92 Å². The van der Waals surface area contributed by atoms with Gasteiger partial charge < -0.3 is 10.2 Å². The molecular weight excluding hydrogens is 436 g/mol. The van der Waals surface area contributed by atoms with Gasteiger partial charge in [-0.15, -0.1) is 0 Å². The molecule has 34 heavy (non-hydrogen) atoms. The molecule has 1 aliphatic heterocycles. The van der Waals surface area contributed by atoms with Crippen LogP contribution < -0.4 is 15.6 Å². The number of para-hydroxylation sites is 2. The molecule has 2 aromatic heterocycles. The van der Waals surface area contributed by atoms with Gasteiger partial charge in [-0.05, 0) is 43.4 Å². The Balaban J connectivity index is 1.49. The third-order valence-electron chi connectivity index (χ3n) is 6.00. The average Bonchev–Trinajstić information content (AvgIpc) is 2.83. The van der Waals surface area contributed by atoms with Crippen LogP contribution in [-0.4, -0.2) is 38.7 Å². The van der Waals surface area contributed by atoms with Crippen molar-refractivity contribution >= 4 is 17.4 Å². The Bertz CT molecular complexity index is 1260. The van der Waals surface area contributed by atoms with E-state index < -0.39 is 16.3 Å². The number of nitro benzene ring substituents is 1. The van der Waals surface area contributed by atoms with E-state index in [-0.39, 0.29) is 23.6 Å². The van der Waals surface area contributed by atoms with Crippen molar-refractivity contribution in [3.63, 3.8) is 0 Å². The highest BCUT2D eigenvalue weighted by atomic mass is 16.6. The number of hydrogen-bond acceptors (Lipinski definition) is 7.